The van der Waals surface area contributed by atoms with Crippen molar-refractivity contribution in [2.24, 2.45) is 11.8 Å². The smallest absolute Gasteiger partial charge is 0.409 e. The lowest BCUT2D eigenvalue weighted by molar-refractivity contribution is -0.126. The van der Waals surface area contributed by atoms with Crippen molar-refractivity contribution in [3.05, 3.63) is 60.2 Å². The highest BCUT2D eigenvalue weighted by atomic mass is 16.6. The van der Waals surface area contributed by atoms with Gasteiger partial charge in [-0.15, -0.1) is 0 Å². The summed E-state index contributed by atoms with van der Waals surface area (Å²) in [4.78, 5) is 26.4. The first-order chi connectivity index (χ1) is 14.5. The fraction of sp³-hybridized carbons (Fsp3) is 0.417. The van der Waals surface area contributed by atoms with Gasteiger partial charge in [-0.05, 0) is 37.0 Å². The van der Waals surface area contributed by atoms with Gasteiger partial charge in [-0.25, -0.2) is 4.79 Å². The largest absolute Gasteiger partial charge is 0.457 e. The molecule has 0 bridgehead atoms. The third kappa shape index (κ3) is 6.24. The zero-order valence-electron chi connectivity index (χ0n) is 17.7. The van der Waals surface area contributed by atoms with E-state index in [-0.39, 0.29) is 17.9 Å². The van der Waals surface area contributed by atoms with Crippen molar-refractivity contribution in [1.29, 1.82) is 0 Å². The molecule has 1 fully saturated rings. The molecule has 6 heteroatoms. The summed E-state index contributed by atoms with van der Waals surface area (Å²) >= 11 is 0. The monoisotopic (exact) mass is 410 g/mol. The van der Waals surface area contributed by atoms with Crippen molar-refractivity contribution in [3.63, 3.8) is 0 Å². The van der Waals surface area contributed by atoms with Crippen LogP contribution in [0.25, 0.3) is 0 Å². The third-order valence-corrected chi connectivity index (χ3v) is 5.06. The maximum absolute atomic E-state index is 12.6. The number of likely N-dealkylation sites (tertiary alicyclic amines) is 1. The Bertz CT molecular complexity index is 830. The average Bonchev–Trinajstić information content (AvgIpc) is 2.77. The van der Waals surface area contributed by atoms with Gasteiger partial charge in [0.2, 0.25) is 5.91 Å². The van der Waals surface area contributed by atoms with Gasteiger partial charge in [-0.3, -0.25) is 4.79 Å². The first kappa shape index (κ1) is 21.7. The molecule has 1 aliphatic rings. The predicted octanol–water partition coefficient (Wildman–Crippen LogP) is 4.60. The minimum Gasteiger partial charge on any atom is -0.457 e. The second-order valence-corrected chi connectivity index (χ2v) is 7.97. The second kappa shape index (κ2) is 10.7. The SMILES string of the molecule is CC(C)COC(=O)N1CCC(C(=O)NCc2ccccc2Oc2ccccc2)CC1. The molecule has 0 radical (unpaired) electrons. The van der Waals surface area contributed by atoms with E-state index in [0.29, 0.717) is 45.0 Å². The number of hydrogen-bond donors (Lipinski definition) is 1. The number of amides is 2. The Morgan fingerprint density at radius 3 is 2.40 bits per heavy atom. The molecule has 0 aromatic heterocycles. The molecule has 0 saturated carbocycles. The van der Waals surface area contributed by atoms with Crippen LogP contribution in [0.4, 0.5) is 4.79 Å². The molecule has 2 aromatic rings. The zero-order valence-corrected chi connectivity index (χ0v) is 17.7. The van der Waals surface area contributed by atoms with Gasteiger partial charge in [0.25, 0.3) is 0 Å². The summed E-state index contributed by atoms with van der Waals surface area (Å²) in [5.74, 6) is 1.71. The summed E-state index contributed by atoms with van der Waals surface area (Å²) < 4.78 is 11.2. The summed E-state index contributed by atoms with van der Waals surface area (Å²) in [6, 6.07) is 17.3. The van der Waals surface area contributed by atoms with Crippen molar-refractivity contribution < 1.29 is 19.1 Å². The molecular weight excluding hydrogens is 380 g/mol. The fourth-order valence-electron chi connectivity index (χ4n) is 3.35. The van der Waals surface area contributed by atoms with Crippen LogP contribution in [0.1, 0.15) is 32.3 Å². The van der Waals surface area contributed by atoms with E-state index in [2.05, 4.69) is 5.32 Å². The number of nitrogens with one attached hydrogen (secondary N) is 1. The molecule has 0 atom stereocenters. The average molecular weight is 411 g/mol. The number of carbonyl (C=O) groups is 2. The van der Waals surface area contributed by atoms with E-state index < -0.39 is 0 Å². The van der Waals surface area contributed by atoms with Crippen molar-refractivity contribution in [2.45, 2.75) is 33.2 Å². The van der Waals surface area contributed by atoms with Crippen molar-refractivity contribution in [3.8, 4) is 11.5 Å². The number of nitrogens with zero attached hydrogens (tertiary/aromatic N) is 1. The van der Waals surface area contributed by atoms with Gasteiger partial charge in [0.1, 0.15) is 11.5 Å². The van der Waals surface area contributed by atoms with Crippen molar-refractivity contribution in [2.75, 3.05) is 19.7 Å². The number of piperidine rings is 1. The van der Waals surface area contributed by atoms with Crippen LogP contribution in [-0.4, -0.2) is 36.6 Å². The molecule has 0 aliphatic carbocycles. The number of ether oxygens (including phenoxy) is 2. The normalized spacial score (nSPS) is 14.4. The highest BCUT2D eigenvalue weighted by Gasteiger charge is 2.28. The summed E-state index contributed by atoms with van der Waals surface area (Å²) in [6.45, 7) is 5.92. The number of carbonyl (C=O) groups excluding carboxylic acids is 2. The van der Waals surface area contributed by atoms with Gasteiger partial charge in [-0.2, -0.15) is 0 Å². The maximum Gasteiger partial charge on any atom is 0.409 e. The molecule has 30 heavy (non-hydrogen) atoms. The molecule has 0 spiro atoms. The Morgan fingerprint density at radius 2 is 1.70 bits per heavy atom. The predicted molar refractivity (Wildman–Crippen MR) is 115 cm³/mol. The quantitative estimate of drug-likeness (QED) is 0.724. The maximum atomic E-state index is 12.6. The molecule has 1 saturated heterocycles. The van der Waals surface area contributed by atoms with E-state index in [9.17, 15) is 9.59 Å². The van der Waals surface area contributed by atoms with Gasteiger partial charge in [0.15, 0.2) is 0 Å². The molecule has 1 aliphatic heterocycles. The highest BCUT2D eigenvalue weighted by molar-refractivity contribution is 5.79. The van der Waals surface area contributed by atoms with E-state index in [1.807, 2.05) is 68.4 Å². The van der Waals surface area contributed by atoms with Crippen molar-refractivity contribution >= 4 is 12.0 Å². The van der Waals surface area contributed by atoms with Gasteiger partial charge in [0.05, 0.1) is 6.61 Å². The Labute approximate surface area is 178 Å². The molecule has 0 unspecified atom stereocenters. The Balaban J connectivity index is 1.48. The lowest BCUT2D eigenvalue weighted by Gasteiger charge is -2.30. The van der Waals surface area contributed by atoms with E-state index in [1.54, 1.807) is 4.90 Å². The third-order valence-electron chi connectivity index (χ3n) is 5.06. The van der Waals surface area contributed by atoms with Gasteiger partial charge < -0.3 is 19.7 Å². The van der Waals surface area contributed by atoms with E-state index in [4.69, 9.17) is 9.47 Å². The van der Waals surface area contributed by atoms with Crippen LogP contribution in [0.2, 0.25) is 0 Å². The molecule has 160 valence electrons. The van der Waals surface area contributed by atoms with E-state index >= 15 is 0 Å². The fourth-order valence-corrected chi connectivity index (χ4v) is 3.35. The van der Waals surface area contributed by atoms with Crippen LogP contribution >= 0.6 is 0 Å². The van der Waals surface area contributed by atoms with Crippen LogP contribution in [0, 0.1) is 11.8 Å². The Hall–Kier alpha value is -3.02. The molecule has 2 aromatic carbocycles. The highest BCUT2D eigenvalue weighted by Crippen LogP contribution is 2.25. The summed E-state index contributed by atoms with van der Waals surface area (Å²) in [5.41, 5.74) is 0.921. The standard InChI is InChI=1S/C24H30N2O4/c1-18(2)17-29-24(28)26-14-12-19(13-15-26)23(27)25-16-20-8-6-7-11-22(20)30-21-9-4-3-5-10-21/h3-11,18-19H,12-17H2,1-2H3,(H,25,27). The molecule has 1 N–H and O–H groups in total. The lowest BCUT2D eigenvalue weighted by Crippen LogP contribution is -2.43. The number of rotatable bonds is 7. The van der Waals surface area contributed by atoms with Crippen LogP contribution in [-0.2, 0) is 16.1 Å². The number of para-hydroxylation sites is 2. The first-order valence-corrected chi connectivity index (χ1v) is 10.5. The molecule has 1 heterocycles. The zero-order chi connectivity index (χ0) is 21.3. The molecule has 2 amide bonds. The Morgan fingerprint density at radius 1 is 1.03 bits per heavy atom. The minimum atomic E-state index is -0.283. The Kier molecular flexibility index (Phi) is 7.71. The number of hydrogen-bond acceptors (Lipinski definition) is 4. The molecular formula is C24H30N2O4. The second-order valence-electron chi connectivity index (χ2n) is 7.97. The van der Waals surface area contributed by atoms with Crippen molar-refractivity contribution in [1.82, 2.24) is 10.2 Å². The van der Waals surface area contributed by atoms with Gasteiger partial charge in [-0.1, -0.05) is 50.2 Å². The number of benzene rings is 2. The van der Waals surface area contributed by atoms with E-state index in [0.717, 1.165) is 17.1 Å². The van der Waals surface area contributed by atoms with Crippen LogP contribution < -0.4 is 10.1 Å². The van der Waals surface area contributed by atoms with Crippen LogP contribution in [0.3, 0.4) is 0 Å². The van der Waals surface area contributed by atoms with Crippen LogP contribution in [0.5, 0.6) is 11.5 Å². The summed E-state index contributed by atoms with van der Waals surface area (Å²) in [6.07, 6.45) is 1.00. The minimum absolute atomic E-state index is 0.0136. The molecule has 6 nitrogen and oxygen atoms in total. The van der Waals surface area contributed by atoms with E-state index in [1.165, 1.54) is 0 Å². The van der Waals surface area contributed by atoms with Crippen LogP contribution in [0.15, 0.2) is 54.6 Å². The van der Waals surface area contributed by atoms with Gasteiger partial charge in [0, 0.05) is 31.1 Å². The lowest BCUT2D eigenvalue weighted by atomic mass is 9.96. The topological polar surface area (TPSA) is 67.9 Å². The first-order valence-electron chi connectivity index (χ1n) is 10.5. The molecule has 3 rings (SSSR count). The summed E-state index contributed by atoms with van der Waals surface area (Å²) in [7, 11) is 0. The summed E-state index contributed by atoms with van der Waals surface area (Å²) in [5, 5.41) is 3.03. The van der Waals surface area contributed by atoms with Gasteiger partial charge >= 0.3 is 6.09 Å².